The van der Waals surface area contributed by atoms with Gasteiger partial charge in [-0.15, -0.1) is 0 Å². The van der Waals surface area contributed by atoms with Crippen LogP contribution in [0.25, 0.3) is 0 Å². The van der Waals surface area contributed by atoms with Crippen LogP contribution in [0.3, 0.4) is 0 Å². The van der Waals surface area contributed by atoms with Crippen molar-refractivity contribution in [1.29, 1.82) is 0 Å². The molecule has 0 spiro atoms. The zero-order valence-electron chi connectivity index (χ0n) is 12.0. The number of nitrogens with one attached hydrogen (secondary N) is 1. The van der Waals surface area contributed by atoms with E-state index in [0.717, 1.165) is 6.04 Å². The molecule has 0 aromatic heterocycles. The van der Waals surface area contributed by atoms with Gasteiger partial charge in [0.25, 0.3) is 0 Å². The summed E-state index contributed by atoms with van der Waals surface area (Å²) in [6, 6.07) is 0.789. The summed E-state index contributed by atoms with van der Waals surface area (Å²) < 4.78 is 0. The summed E-state index contributed by atoms with van der Waals surface area (Å²) >= 11 is 0. The Bertz CT molecular complexity index is 180. The summed E-state index contributed by atoms with van der Waals surface area (Å²) in [5.74, 6) is 0. The van der Waals surface area contributed by atoms with Crippen LogP contribution < -0.4 is 5.32 Å². The fourth-order valence-corrected chi connectivity index (χ4v) is 2.68. The smallest absolute Gasteiger partial charge is 0.0221 e. The fraction of sp³-hybridized carbons (Fsp3) is 1.00. The van der Waals surface area contributed by atoms with Crippen LogP contribution in [0.5, 0.6) is 0 Å². The Hall–Kier alpha value is -0.120. The Morgan fingerprint density at radius 1 is 1.24 bits per heavy atom. The second-order valence-corrected chi connectivity index (χ2v) is 5.06. The van der Waals surface area contributed by atoms with Crippen molar-refractivity contribution in [2.75, 3.05) is 45.8 Å². The SMILES string of the molecule is CCCNCC1CCCN1CCN(CC)CC. The molecule has 0 aromatic rings. The number of rotatable bonds is 9. The number of hydrogen-bond acceptors (Lipinski definition) is 3. The van der Waals surface area contributed by atoms with Gasteiger partial charge in [0.2, 0.25) is 0 Å². The number of likely N-dealkylation sites (tertiary alicyclic amines) is 1. The lowest BCUT2D eigenvalue weighted by atomic mass is 10.2. The van der Waals surface area contributed by atoms with Crippen LogP contribution in [0.1, 0.15) is 40.0 Å². The molecule has 1 heterocycles. The second kappa shape index (κ2) is 8.90. The maximum atomic E-state index is 3.57. The van der Waals surface area contributed by atoms with Crippen LogP contribution in [0.2, 0.25) is 0 Å². The number of likely N-dealkylation sites (N-methyl/N-ethyl adjacent to an activating group) is 1. The first-order valence-electron chi connectivity index (χ1n) is 7.48. The van der Waals surface area contributed by atoms with Crippen LogP contribution in [0.15, 0.2) is 0 Å². The summed E-state index contributed by atoms with van der Waals surface area (Å²) in [6.45, 7) is 15.3. The maximum Gasteiger partial charge on any atom is 0.0221 e. The molecule has 0 aliphatic carbocycles. The van der Waals surface area contributed by atoms with E-state index >= 15 is 0 Å². The van der Waals surface area contributed by atoms with E-state index in [1.165, 1.54) is 65.1 Å². The quantitative estimate of drug-likeness (QED) is 0.621. The topological polar surface area (TPSA) is 18.5 Å². The average molecular weight is 241 g/mol. The summed E-state index contributed by atoms with van der Waals surface area (Å²) in [6.07, 6.45) is 4.01. The van der Waals surface area contributed by atoms with Crippen LogP contribution in [0, 0.1) is 0 Å². The lowest BCUT2D eigenvalue weighted by molar-refractivity contribution is 0.199. The highest BCUT2D eigenvalue weighted by Crippen LogP contribution is 2.16. The minimum absolute atomic E-state index is 0.789. The minimum Gasteiger partial charge on any atom is -0.315 e. The zero-order valence-corrected chi connectivity index (χ0v) is 12.0. The van der Waals surface area contributed by atoms with Crippen LogP contribution in [-0.2, 0) is 0 Å². The van der Waals surface area contributed by atoms with Gasteiger partial charge in [0.1, 0.15) is 0 Å². The van der Waals surface area contributed by atoms with E-state index in [0.29, 0.717) is 0 Å². The molecule has 1 fully saturated rings. The molecule has 1 unspecified atom stereocenters. The van der Waals surface area contributed by atoms with Crippen LogP contribution in [-0.4, -0.2) is 61.7 Å². The molecule has 1 N–H and O–H groups in total. The summed E-state index contributed by atoms with van der Waals surface area (Å²) in [5.41, 5.74) is 0. The molecule has 1 rings (SSSR count). The van der Waals surface area contributed by atoms with Gasteiger partial charge in [-0.1, -0.05) is 20.8 Å². The Balaban J connectivity index is 2.21. The third-order valence-electron chi connectivity index (χ3n) is 3.90. The fourth-order valence-electron chi connectivity index (χ4n) is 2.68. The first kappa shape index (κ1) is 14.9. The third kappa shape index (κ3) is 5.36. The molecule has 0 saturated carbocycles. The summed E-state index contributed by atoms with van der Waals surface area (Å²) in [4.78, 5) is 5.20. The largest absolute Gasteiger partial charge is 0.315 e. The Kier molecular flexibility index (Phi) is 7.82. The van der Waals surface area contributed by atoms with Crippen molar-refractivity contribution >= 4 is 0 Å². The standard InChI is InChI=1S/C14H31N3/c1-4-9-15-13-14-8-7-10-17(14)12-11-16(5-2)6-3/h14-15H,4-13H2,1-3H3. The first-order valence-corrected chi connectivity index (χ1v) is 7.48. The normalized spacial score (nSPS) is 21.5. The van der Waals surface area contributed by atoms with Gasteiger partial charge >= 0.3 is 0 Å². The third-order valence-corrected chi connectivity index (χ3v) is 3.90. The molecule has 0 amide bonds. The van der Waals surface area contributed by atoms with Crippen molar-refractivity contribution in [1.82, 2.24) is 15.1 Å². The predicted molar refractivity (Wildman–Crippen MR) is 75.5 cm³/mol. The molecule has 1 aliphatic heterocycles. The van der Waals surface area contributed by atoms with Gasteiger partial charge in [-0.05, 0) is 45.4 Å². The minimum atomic E-state index is 0.789. The monoisotopic (exact) mass is 241 g/mol. The van der Waals surface area contributed by atoms with Gasteiger partial charge < -0.3 is 10.2 Å². The molecule has 0 aromatic carbocycles. The maximum absolute atomic E-state index is 3.57. The molecule has 17 heavy (non-hydrogen) atoms. The van der Waals surface area contributed by atoms with E-state index < -0.39 is 0 Å². The van der Waals surface area contributed by atoms with Gasteiger partial charge in [0.05, 0.1) is 0 Å². The van der Waals surface area contributed by atoms with Crippen molar-refractivity contribution < 1.29 is 0 Å². The van der Waals surface area contributed by atoms with E-state index in [-0.39, 0.29) is 0 Å². The van der Waals surface area contributed by atoms with Crippen molar-refractivity contribution in [2.24, 2.45) is 0 Å². The highest BCUT2D eigenvalue weighted by molar-refractivity contribution is 4.81. The van der Waals surface area contributed by atoms with Crippen molar-refractivity contribution in [3.8, 4) is 0 Å². The van der Waals surface area contributed by atoms with E-state index in [1.807, 2.05) is 0 Å². The van der Waals surface area contributed by atoms with Gasteiger partial charge in [-0.3, -0.25) is 4.90 Å². The number of hydrogen-bond donors (Lipinski definition) is 1. The van der Waals surface area contributed by atoms with E-state index in [9.17, 15) is 0 Å². The second-order valence-electron chi connectivity index (χ2n) is 5.06. The van der Waals surface area contributed by atoms with Gasteiger partial charge in [-0.25, -0.2) is 0 Å². The van der Waals surface area contributed by atoms with E-state index in [4.69, 9.17) is 0 Å². The lowest BCUT2D eigenvalue weighted by Crippen LogP contribution is -2.42. The molecule has 3 heteroatoms. The van der Waals surface area contributed by atoms with Crippen molar-refractivity contribution in [2.45, 2.75) is 46.1 Å². The van der Waals surface area contributed by atoms with Gasteiger partial charge in [0.15, 0.2) is 0 Å². The predicted octanol–water partition coefficient (Wildman–Crippen LogP) is 1.79. The summed E-state index contributed by atoms with van der Waals surface area (Å²) in [7, 11) is 0. The molecule has 1 atom stereocenters. The van der Waals surface area contributed by atoms with Crippen LogP contribution in [0.4, 0.5) is 0 Å². The van der Waals surface area contributed by atoms with E-state index in [2.05, 4.69) is 35.9 Å². The van der Waals surface area contributed by atoms with E-state index in [1.54, 1.807) is 0 Å². The van der Waals surface area contributed by atoms with Gasteiger partial charge in [0, 0.05) is 25.7 Å². The highest BCUT2D eigenvalue weighted by atomic mass is 15.2. The van der Waals surface area contributed by atoms with Crippen molar-refractivity contribution in [3.63, 3.8) is 0 Å². The Morgan fingerprint density at radius 3 is 2.65 bits per heavy atom. The molecule has 1 aliphatic rings. The Labute approximate surface area is 108 Å². The molecule has 0 bridgehead atoms. The molecule has 3 nitrogen and oxygen atoms in total. The molecule has 0 radical (unpaired) electrons. The molecule has 1 saturated heterocycles. The average Bonchev–Trinajstić information content (AvgIpc) is 2.79. The first-order chi connectivity index (χ1) is 8.31. The zero-order chi connectivity index (χ0) is 12.5. The van der Waals surface area contributed by atoms with Crippen molar-refractivity contribution in [3.05, 3.63) is 0 Å². The summed E-state index contributed by atoms with van der Waals surface area (Å²) in [5, 5.41) is 3.57. The number of nitrogens with zero attached hydrogens (tertiary/aromatic N) is 2. The van der Waals surface area contributed by atoms with Crippen LogP contribution >= 0.6 is 0 Å². The Morgan fingerprint density at radius 2 is 2.00 bits per heavy atom. The molecular formula is C14H31N3. The lowest BCUT2D eigenvalue weighted by Gasteiger charge is -2.27. The molecule has 102 valence electrons. The highest BCUT2D eigenvalue weighted by Gasteiger charge is 2.23. The molecular weight excluding hydrogens is 210 g/mol. The van der Waals surface area contributed by atoms with Gasteiger partial charge in [-0.2, -0.15) is 0 Å².